The van der Waals surface area contributed by atoms with E-state index in [1.165, 1.54) is 13.0 Å². The molecule has 0 aliphatic rings. The Bertz CT molecular complexity index is 709. The zero-order valence-electron chi connectivity index (χ0n) is 13.6. The number of benzene rings is 1. The molecule has 0 aliphatic heterocycles. The van der Waals surface area contributed by atoms with Crippen LogP contribution in [-0.2, 0) is 6.61 Å². The molecule has 0 fully saturated rings. The lowest BCUT2D eigenvalue weighted by atomic mass is 10.1. The van der Waals surface area contributed by atoms with Crippen LogP contribution in [0.3, 0.4) is 0 Å². The highest BCUT2D eigenvalue weighted by Gasteiger charge is 2.13. The summed E-state index contributed by atoms with van der Waals surface area (Å²) in [6.07, 6.45) is -0.0104. The third-order valence-corrected chi connectivity index (χ3v) is 3.26. The van der Waals surface area contributed by atoms with Gasteiger partial charge in [-0.2, -0.15) is 0 Å². The van der Waals surface area contributed by atoms with E-state index in [1.54, 1.807) is 31.2 Å². The van der Waals surface area contributed by atoms with Gasteiger partial charge in [0.05, 0.1) is 6.10 Å². The Balaban J connectivity index is 1.88. The van der Waals surface area contributed by atoms with Crippen molar-refractivity contribution in [3.63, 3.8) is 0 Å². The Morgan fingerprint density at radius 2 is 2.17 bits per heavy atom. The molecule has 2 rings (SSSR count). The van der Waals surface area contributed by atoms with Gasteiger partial charge in [0.25, 0.3) is 5.91 Å². The standard InChI is InChI=1S/C17H20N2O5/c1-11(20)6-7-18-17(22)16-9-15(24-19-16)10-23-14-5-3-4-13(8-14)12(2)21/h3-5,8-9,11,20H,6-7,10H2,1-2H3,(H,18,22)/t11-/m0/s1. The second kappa shape index (κ2) is 8.26. The van der Waals surface area contributed by atoms with E-state index in [1.807, 2.05) is 0 Å². The smallest absolute Gasteiger partial charge is 0.273 e. The molecule has 1 aromatic heterocycles. The Morgan fingerprint density at radius 3 is 2.88 bits per heavy atom. The van der Waals surface area contributed by atoms with E-state index in [0.29, 0.717) is 30.0 Å². The first-order chi connectivity index (χ1) is 11.5. The summed E-state index contributed by atoms with van der Waals surface area (Å²) < 4.78 is 10.6. The first-order valence-electron chi connectivity index (χ1n) is 7.61. The molecule has 1 atom stereocenters. The van der Waals surface area contributed by atoms with Crippen LogP contribution in [0.1, 0.15) is 46.9 Å². The van der Waals surface area contributed by atoms with Crippen LogP contribution >= 0.6 is 0 Å². The predicted octanol–water partition coefficient (Wildman–Crippen LogP) is 1.96. The lowest BCUT2D eigenvalue weighted by molar-refractivity contribution is 0.0935. The number of Topliss-reactive ketones (excluding diaryl/α,β-unsaturated/α-hetero) is 1. The molecule has 0 bridgehead atoms. The number of hydrogen-bond donors (Lipinski definition) is 2. The van der Waals surface area contributed by atoms with Crippen molar-refractivity contribution in [1.82, 2.24) is 10.5 Å². The molecule has 1 heterocycles. The fraction of sp³-hybridized carbons (Fsp3) is 0.353. The number of ether oxygens (including phenoxy) is 1. The molecular formula is C17H20N2O5. The highest BCUT2D eigenvalue weighted by atomic mass is 16.5. The number of nitrogens with one attached hydrogen (secondary N) is 1. The second-order valence-electron chi connectivity index (χ2n) is 5.44. The maximum atomic E-state index is 11.8. The highest BCUT2D eigenvalue weighted by Crippen LogP contribution is 2.16. The van der Waals surface area contributed by atoms with E-state index in [-0.39, 0.29) is 24.0 Å². The van der Waals surface area contributed by atoms with Crippen LogP contribution in [0.4, 0.5) is 0 Å². The molecule has 0 saturated heterocycles. The van der Waals surface area contributed by atoms with Gasteiger partial charge in [-0.05, 0) is 32.4 Å². The third-order valence-electron chi connectivity index (χ3n) is 3.26. The van der Waals surface area contributed by atoms with Crippen LogP contribution in [0.5, 0.6) is 5.75 Å². The Labute approximate surface area is 139 Å². The Morgan fingerprint density at radius 1 is 1.38 bits per heavy atom. The van der Waals surface area contributed by atoms with Crippen molar-refractivity contribution in [2.45, 2.75) is 33.0 Å². The summed E-state index contributed by atoms with van der Waals surface area (Å²) in [4.78, 5) is 23.2. The summed E-state index contributed by atoms with van der Waals surface area (Å²) in [5, 5.41) is 15.5. The first-order valence-corrected chi connectivity index (χ1v) is 7.61. The number of nitrogens with zero attached hydrogens (tertiary/aromatic N) is 1. The molecular weight excluding hydrogens is 312 g/mol. The van der Waals surface area contributed by atoms with Crippen LogP contribution in [0.2, 0.25) is 0 Å². The summed E-state index contributed by atoms with van der Waals surface area (Å²) in [5.41, 5.74) is 0.708. The van der Waals surface area contributed by atoms with E-state index in [0.717, 1.165) is 0 Å². The van der Waals surface area contributed by atoms with Crippen molar-refractivity contribution in [3.8, 4) is 5.75 Å². The van der Waals surface area contributed by atoms with Crippen molar-refractivity contribution in [3.05, 3.63) is 47.3 Å². The van der Waals surface area contributed by atoms with Crippen molar-refractivity contribution >= 4 is 11.7 Å². The molecule has 0 radical (unpaired) electrons. The summed E-state index contributed by atoms with van der Waals surface area (Å²) >= 11 is 0. The highest BCUT2D eigenvalue weighted by molar-refractivity contribution is 5.94. The summed E-state index contributed by atoms with van der Waals surface area (Å²) in [7, 11) is 0. The number of aliphatic hydroxyl groups excluding tert-OH is 1. The molecule has 2 aromatic rings. The van der Waals surface area contributed by atoms with E-state index < -0.39 is 6.10 Å². The average molecular weight is 332 g/mol. The van der Waals surface area contributed by atoms with Gasteiger partial charge in [-0.25, -0.2) is 0 Å². The van der Waals surface area contributed by atoms with Crippen molar-refractivity contribution in [1.29, 1.82) is 0 Å². The molecule has 2 N–H and O–H groups in total. The number of amides is 1. The Kier molecular flexibility index (Phi) is 6.08. The number of hydrogen-bond acceptors (Lipinski definition) is 6. The van der Waals surface area contributed by atoms with Gasteiger partial charge in [-0.15, -0.1) is 0 Å². The van der Waals surface area contributed by atoms with Gasteiger partial charge in [0.2, 0.25) is 0 Å². The predicted molar refractivity (Wildman–Crippen MR) is 85.9 cm³/mol. The van der Waals surface area contributed by atoms with E-state index in [2.05, 4.69) is 10.5 Å². The molecule has 7 heteroatoms. The average Bonchev–Trinajstić information content (AvgIpc) is 3.02. The van der Waals surface area contributed by atoms with Gasteiger partial charge in [0, 0.05) is 18.2 Å². The molecule has 1 amide bonds. The minimum absolute atomic E-state index is 0.0451. The summed E-state index contributed by atoms with van der Waals surface area (Å²) in [6, 6.07) is 8.30. The minimum atomic E-state index is -0.475. The monoisotopic (exact) mass is 332 g/mol. The van der Waals surface area contributed by atoms with Crippen molar-refractivity contribution < 1.29 is 24.0 Å². The number of ketones is 1. The number of rotatable bonds is 8. The number of aliphatic hydroxyl groups is 1. The molecule has 24 heavy (non-hydrogen) atoms. The normalized spacial score (nSPS) is 11.8. The lowest BCUT2D eigenvalue weighted by Gasteiger charge is -2.04. The van der Waals surface area contributed by atoms with Gasteiger partial charge >= 0.3 is 0 Å². The SMILES string of the molecule is CC(=O)c1cccc(OCc2cc(C(=O)NCC[C@H](C)O)no2)c1. The summed E-state index contributed by atoms with van der Waals surface area (Å²) in [5.74, 6) is 0.506. The van der Waals surface area contributed by atoms with Crippen LogP contribution in [0, 0.1) is 0 Å². The molecule has 7 nitrogen and oxygen atoms in total. The fourth-order valence-electron chi connectivity index (χ4n) is 1.93. The topological polar surface area (TPSA) is 102 Å². The largest absolute Gasteiger partial charge is 0.486 e. The van der Waals surface area contributed by atoms with Gasteiger partial charge in [-0.1, -0.05) is 17.3 Å². The molecule has 0 aliphatic carbocycles. The van der Waals surface area contributed by atoms with Gasteiger partial charge in [-0.3, -0.25) is 9.59 Å². The number of carbonyl (C=O) groups excluding carboxylic acids is 2. The zero-order valence-corrected chi connectivity index (χ0v) is 13.6. The minimum Gasteiger partial charge on any atom is -0.486 e. The van der Waals surface area contributed by atoms with Gasteiger partial charge in [0.1, 0.15) is 12.4 Å². The fourth-order valence-corrected chi connectivity index (χ4v) is 1.93. The van der Waals surface area contributed by atoms with Crippen LogP contribution in [-0.4, -0.2) is 34.6 Å². The van der Waals surface area contributed by atoms with Crippen molar-refractivity contribution in [2.24, 2.45) is 0 Å². The molecule has 0 unspecified atom stereocenters. The van der Waals surface area contributed by atoms with Gasteiger partial charge < -0.3 is 19.7 Å². The quantitative estimate of drug-likeness (QED) is 0.717. The van der Waals surface area contributed by atoms with Gasteiger partial charge in [0.15, 0.2) is 17.2 Å². The Hall–Kier alpha value is -2.67. The van der Waals surface area contributed by atoms with Crippen LogP contribution in [0.15, 0.2) is 34.9 Å². The van der Waals surface area contributed by atoms with Crippen LogP contribution in [0.25, 0.3) is 0 Å². The molecule has 128 valence electrons. The molecule has 1 aromatic carbocycles. The zero-order chi connectivity index (χ0) is 17.5. The van der Waals surface area contributed by atoms with Crippen LogP contribution < -0.4 is 10.1 Å². The van der Waals surface area contributed by atoms with E-state index in [9.17, 15) is 9.59 Å². The maximum absolute atomic E-state index is 11.8. The summed E-state index contributed by atoms with van der Waals surface area (Å²) in [6.45, 7) is 3.58. The lowest BCUT2D eigenvalue weighted by Crippen LogP contribution is -2.26. The first kappa shape index (κ1) is 17.7. The molecule has 0 spiro atoms. The van der Waals surface area contributed by atoms with E-state index in [4.69, 9.17) is 14.4 Å². The number of aromatic nitrogens is 1. The third kappa shape index (κ3) is 5.20. The van der Waals surface area contributed by atoms with E-state index >= 15 is 0 Å². The van der Waals surface area contributed by atoms with Crippen molar-refractivity contribution in [2.75, 3.05) is 6.54 Å². The maximum Gasteiger partial charge on any atom is 0.273 e. The molecule has 0 saturated carbocycles. The second-order valence-corrected chi connectivity index (χ2v) is 5.44. The number of carbonyl (C=O) groups is 2.